The number of thioether (sulfide) groups is 1. The average Bonchev–Trinajstić information content (AvgIpc) is 2.94. The van der Waals surface area contributed by atoms with Gasteiger partial charge in [0.05, 0.1) is 11.3 Å². The molecule has 2 aromatic heterocycles. The van der Waals surface area contributed by atoms with Gasteiger partial charge in [0.1, 0.15) is 11.8 Å². The Bertz CT molecular complexity index is 796. The van der Waals surface area contributed by atoms with Gasteiger partial charge in [0.2, 0.25) is 0 Å². The molecular formula is C12H12N6OS. The Morgan fingerprint density at radius 1 is 1.25 bits per heavy atom. The Hall–Kier alpha value is -2.22. The molecule has 0 amide bonds. The van der Waals surface area contributed by atoms with E-state index in [0.717, 1.165) is 11.7 Å². The molecule has 0 unspecified atom stereocenters. The first-order valence-electron chi connectivity index (χ1n) is 6.12. The highest BCUT2D eigenvalue weighted by atomic mass is 32.2. The van der Waals surface area contributed by atoms with Crippen LogP contribution in [0, 0.1) is 0 Å². The maximum atomic E-state index is 12.2. The smallest absolute Gasteiger partial charge is 0.278 e. The van der Waals surface area contributed by atoms with Crippen LogP contribution in [0.2, 0.25) is 0 Å². The van der Waals surface area contributed by atoms with Gasteiger partial charge in [-0.05, 0) is 19.1 Å². The van der Waals surface area contributed by atoms with Crippen LogP contribution in [-0.4, -0.2) is 29.8 Å². The van der Waals surface area contributed by atoms with E-state index in [0.29, 0.717) is 16.8 Å². The van der Waals surface area contributed by atoms with Crippen LogP contribution in [0.4, 0.5) is 0 Å². The molecule has 0 bridgehead atoms. The number of benzene rings is 1. The third kappa shape index (κ3) is 2.29. The Labute approximate surface area is 118 Å². The topological polar surface area (TPSA) is 78.5 Å². The standard InChI is InChI=1S/C12H12N6OS/c1-2-17-7-13-15-12(17)20-8-18-11(19)9-5-3-4-6-10(9)14-16-18/h3-7H,2,8H2,1H3. The second kappa shape index (κ2) is 5.41. The second-order valence-electron chi connectivity index (χ2n) is 4.08. The van der Waals surface area contributed by atoms with Crippen LogP contribution in [0.5, 0.6) is 0 Å². The van der Waals surface area contributed by atoms with Crippen molar-refractivity contribution < 1.29 is 0 Å². The van der Waals surface area contributed by atoms with Gasteiger partial charge in [0, 0.05) is 6.54 Å². The summed E-state index contributed by atoms with van der Waals surface area (Å²) in [6.07, 6.45) is 1.66. The van der Waals surface area contributed by atoms with Crippen LogP contribution in [0.15, 0.2) is 40.5 Å². The zero-order valence-electron chi connectivity index (χ0n) is 10.8. The molecule has 20 heavy (non-hydrogen) atoms. The third-order valence-electron chi connectivity index (χ3n) is 2.87. The minimum Gasteiger partial charge on any atom is -0.309 e. The molecule has 2 heterocycles. The molecule has 7 nitrogen and oxygen atoms in total. The minimum absolute atomic E-state index is 0.148. The van der Waals surface area contributed by atoms with E-state index in [2.05, 4.69) is 20.5 Å². The van der Waals surface area contributed by atoms with Crippen molar-refractivity contribution in [3.63, 3.8) is 0 Å². The van der Waals surface area contributed by atoms with Crippen molar-refractivity contribution in [1.82, 2.24) is 29.8 Å². The zero-order valence-corrected chi connectivity index (χ0v) is 11.6. The van der Waals surface area contributed by atoms with Gasteiger partial charge in [-0.25, -0.2) is 0 Å². The van der Waals surface area contributed by atoms with Crippen molar-refractivity contribution in [1.29, 1.82) is 0 Å². The van der Waals surface area contributed by atoms with Crippen molar-refractivity contribution in [3.8, 4) is 0 Å². The maximum absolute atomic E-state index is 12.2. The predicted octanol–water partition coefficient (Wildman–Crippen LogP) is 1.15. The maximum Gasteiger partial charge on any atom is 0.278 e. The summed E-state index contributed by atoms with van der Waals surface area (Å²) in [6, 6.07) is 7.17. The fourth-order valence-electron chi connectivity index (χ4n) is 1.80. The molecule has 102 valence electrons. The molecule has 0 radical (unpaired) electrons. The molecule has 0 spiro atoms. The van der Waals surface area contributed by atoms with E-state index >= 15 is 0 Å². The quantitative estimate of drug-likeness (QED) is 0.670. The predicted molar refractivity (Wildman–Crippen MR) is 75.4 cm³/mol. The number of aromatic nitrogens is 6. The second-order valence-corrected chi connectivity index (χ2v) is 5.00. The lowest BCUT2D eigenvalue weighted by Gasteiger charge is -2.05. The molecule has 3 rings (SSSR count). The molecule has 0 aliphatic heterocycles. The summed E-state index contributed by atoms with van der Waals surface area (Å²) in [5.41, 5.74) is 0.459. The lowest BCUT2D eigenvalue weighted by Crippen LogP contribution is -2.23. The molecule has 0 aliphatic carbocycles. The summed E-state index contributed by atoms with van der Waals surface area (Å²) < 4.78 is 3.24. The lowest BCUT2D eigenvalue weighted by atomic mass is 10.2. The number of hydrogen-bond donors (Lipinski definition) is 0. The van der Waals surface area contributed by atoms with Crippen LogP contribution in [0.25, 0.3) is 10.9 Å². The molecular weight excluding hydrogens is 276 g/mol. The normalized spacial score (nSPS) is 11.1. The number of fused-ring (bicyclic) bond motifs is 1. The fourth-order valence-corrected chi connectivity index (χ4v) is 2.65. The summed E-state index contributed by atoms with van der Waals surface area (Å²) >= 11 is 1.40. The van der Waals surface area contributed by atoms with Crippen LogP contribution in [-0.2, 0) is 12.4 Å². The average molecular weight is 288 g/mol. The first kappa shape index (κ1) is 12.8. The molecule has 0 saturated carbocycles. The Morgan fingerprint density at radius 2 is 2.10 bits per heavy atom. The van der Waals surface area contributed by atoms with Crippen molar-refractivity contribution in [2.24, 2.45) is 0 Å². The summed E-state index contributed by atoms with van der Waals surface area (Å²) in [5, 5.41) is 17.2. The van der Waals surface area contributed by atoms with E-state index in [1.54, 1.807) is 18.5 Å². The van der Waals surface area contributed by atoms with E-state index in [9.17, 15) is 4.79 Å². The highest BCUT2D eigenvalue weighted by Gasteiger charge is 2.08. The highest BCUT2D eigenvalue weighted by molar-refractivity contribution is 7.98. The number of rotatable bonds is 4. The summed E-state index contributed by atoms with van der Waals surface area (Å²) in [6.45, 7) is 2.79. The molecule has 1 aromatic carbocycles. The monoisotopic (exact) mass is 288 g/mol. The molecule has 0 aliphatic rings. The highest BCUT2D eigenvalue weighted by Crippen LogP contribution is 2.15. The van der Waals surface area contributed by atoms with Crippen LogP contribution in [0.3, 0.4) is 0 Å². The van der Waals surface area contributed by atoms with Crippen LogP contribution in [0.1, 0.15) is 6.92 Å². The molecule has 0 fully saturated rings. The van der Waals surface area contributed by atoms with Crippen molar-refractivity contribution in [2.75, 3.05) is 0 Å². The van der Waals surface area contributed by atoms with Gasteiger partial charge in [-0.2, -0.15) is 4.68 Å². The van der Waals surface area contributed by atoms with Crippen molar-refractivity contribution in [2.45, 2.75) is 24.5 Å². The lowest BCUT2D eigenvalue weighted by molar-refractivity contribution is 0.636. The van der Waals surface area contributed by atoms with Gasteiger partial charge < -0.3 is 4.57 Å². The van der Waals surface area contributed by atoms with Gasteiger partial charge in [0.25, 0.3) is 5.56 Å². The van der Waals surface area contributed by atoms with Gasteiger partial charge in [-0.1, -0.05) is 29.1 Å². The SMILES string of the molecule is CCn1cnnc1SCn1nnc2ccccc2c1=O. The number of aryl methyl sites for hydroxylation is 1. The molecule has 0 N–H and O–H groups in total. The number of nitrogens with zero attached hydrogens (tertiary/aromatic N) is 6. The van der Waals surface area contributed by atoms with Gasteiger partial charge in [-0.15, -0.1) is 15.3 Å². The summed E-state index contributed by atoms with van der Waals surface area (Å²) in [5.74, 6) is 0.357. The van der Waals surface area contributed by atoms with E-state index in [-0.39, 0.29) is 5.56 Å². The van der Waals surface area contributed by atoms with Crippen LogP contribution < -0.4 is 5.56 Å². The van der Waals surface area contributed by atoms with E-state index in [4.69, 9.17) is 0 Å². The number of hydrogen-bond acceptors (Lipinski definition) is 6. The first-order valence-corrected chi connectivity index (χ1v) is 7.11. The zero-order chi connectivity index (χ0) is 13.9. The van der Waals surface area contributed by atoms with Crippen LogP contribution >= 0.6 is 11.8 Å². The fraction of sp³-hybridized carbons (Fsp3) is 0.250. The molecule has 3 aromatic rings. The van der Waals surface area contributed by atoms with Gasteiger partial charge >= 0.3 is 0 Å². The largest absolute Gasteiger partial charge is 0.309 e. The summed E-state index contributed by atoms with van der Waals surface area (Å²) in [4.78, 5) is 12.2. The van der Waals surface area contributed by atoms with E-state index in [1.807, 2.05) is 23.6 Å². The Balaban J connectivity index is 1.88. The van der Waals surface area contributed by atoms with Gasteiger partial charge in [0.15, 0.2) is 5.16 Å². The third-order valence-corrected chi connectivity index (χ3v) is 3.81. The van der Waals surface area contributed by atoms with E-state index < -0.39 is 0 Å². The van der Waals surface area contributed by atoms with Crippen molar-refractivity contribution in [3.05, 3.63) is 40.9 Å². The summed E-state index contributed by atoms with van der Waals surface area (Å²) in [7, 11) is 0. The molecule has 8 heteroatoms. The molecule has 0 atom stereocenters. The minimum atomic E-state index is -0.148. The van der Waals surface area contributed by atoms with Gasteiger partial charge in [-0.3, -0.25) is 4.79 Å². The Morgan fingerprint density at radius 3 is 2.95 bits per heavy atom. The molecule has 0 saturated heterocycles. The Kier molecular flexibility index (Phi) is 3.46. The van der Waals surface area contributed by atoms with Crippen molar-refractivity contribution >= 4 is 22.7 Å². The van der Waals surface area contributed by atoms with E-state index in [1.165, 1.54) is 16.4 Å². The first-order chi connectivity index (χ1) is 9.79.